The predicted octanol–water partition coefficient (Wildman–Crippen LogP) is 1.51. The van der Waals surface area contributed by atoms with E-state index >= 15 is 0 Å². The summed E-state index contributed by atoms with van der Waals surface area (Å²) in [5.41, 5.74) is 1.15. The van der Waals surface area contributed by atoms with Crippen LogP contribution in [0.4, 0.5) is 0 Å². The summed E-state index contributed by atoms with van der Waals surface area (Å²) in [5, 5.41) is 3.41. The minimum Gasteiger partial charge on any atom is -0.367 e. The van der Waals surface area contributed by atoms with Gasteiger partial charge in [-0.1, -0.05) is 6.42 Å². The van der Waals surface area contributed by atoms with E-state index in [1.165, 1.54) is 12.8 Å². The molecule has 0 bridgehead atoms. The largest absolute Gasteiger partial charge is 0.367 e. The molecular formula is C13H21N3O. The normalized spacial score (nSPS) is 20.2. The van der Waals surface area contributed by atoms with Gasteiger partial charge in [-0.3, -0.25) is 4.79 Å². The number of nitrogens with zero attached hydrogens (tertiary/aromatic N) is 1. The minimum atomic E-state index is 0.227. The standard InChI is InChI=1S/C13H21N3O/c1-16(10-11-5-7-14-9-11)13(17)8-12-4-2-3-6-15-12/h5,7,9,12,14-15H,2-4,6,8,10H2,1H3. The lowest BCUT2D eigenvalue weighted by Gasteiger charge is -2.25. The Hall–Kier alpha value is -1.29. The van der Waals surface area contributed by atoms with Crippen molar-refractivity contribution >= 4 is 5.91 Å². The highest BCUT2D eigenvalue weighted by atomic mass is 16.2. The van der Waals surface area contributed by atoms with Crippen LogP contribution in [0.1, 0.15) is 31.2 Å². The Bertz CT molecular complexity index is 342. The maximum absolute atomic E-state index is 12.0. The lowest BCUT2D eigenvalue weighted by atomic mass is 10.0. The van der Waals surface area contributed by atoms with Crippen LogP contribution in [-0.4, -0.2) is 35.4 Å². The van der Waals surface area contributed by atoms with Gasteiger partial charge >= 0.3 is 0 Å². The first-order valence-corrected chi connectivity index (χ1v) is 6.35. The van der Waals surface area contributed by atoms with Crippen LogP contribution in [0.5, 0.6) is 0 Å². The molecule has 17 heavy (non-hydrogen) atoms. The highest BCUT2D eigenvalue weighted by Crippen LogP contribution is 2.12. The Kier molecular flexibility index (Phi) is 4.20. The van der Waals surface area contributed by atoms with Crippen molar-refractivity contribution in [3.8, 4) is 0 Å². The summed E-state index contributed by atoms with van der Waals surface area (Å²) >= 11 is 0. The number of hydrogen-bond acceptors (Lipinski definition) is 2. The summed E-state index contributed by atoms with van der Waals surface area (Å²) in [6.07, 6.45) is 8.06. The second-order valence-corrected chi connectivity index (χ2v) is 4.82. The smallest absolute Gasteiger partial charge is 0.224 e. The van der Waals surface area contributed by atoms with Gasteiger partial charge in [-0.05, 0) is 31.0 Å². The van der Waals surface area contributed by atoms with Crippen molar-refractivity contribution in [2.75, 3.05) is 13.6 Å². The number of aromatic nitrogens is 1. The highest BCUT2D eigenvalue weighted by Gasteiger charge is 2.18. The van der Waals surface area contributed by atoms with E-state index in [0.29, 0.717) is 19.0 Å². The van der Waals surface area contributed by atoms with E-state index in [1.807, 2.05) is 25.5 Å². The first-order valence-electron chi connectivity index (χ1n) is 6.35. The zero-order valence-electron chi connectivity index (χ0n) is 10.4. The maximum Gasteiger partial charge on any atom is 0.224 e. The Morgan fingerprint density at radius 3 is 3.06 bits per heavy atom. The number of piperidine rings is 1. The van der Waals surface area contributed by atoms with E-state index in [-0.39, 0.29) is 5.91 Å². The van der Waals surface area contributed by atoms with Crippen LogP contribution >= 0.6 is 0 Å². The highest BCUT2D eigenvalue weighted by molar-refractivity contribution is 5.76. The third-order valence-corrected chi connectivity index (χ3v) is 3.34. The summed E-state index contributed by atoms with van der Waals surface area (Å²) in [6, 6.07) is 2.38. The molecule has 2 N–H and O–H groups in total. The van der Waals surface area contributed by atoms with Crippen molar-refractivity contribution in [3.63, 3.8) is 0 Å². The van der Waals surface area contributed by atoms with Gasteiger partial charge in [0.15, 0.2) is 0 Å². The summed E-state index contributed by atoms with van der Waals surface area (Å²) in [7, 11) is 1.87. The van der Waals surface area contributed by atoms with Gasteiger partial charge in [-0.25, -0.2) is 0 Å². The summed E-state index contributed by atoms with van der Waals surface area (Å²) < 4.78 is 0. The zero-order chi connectivity index (χ0) is 12.1. The lowest BCUT2D eigenvalue weighted by Crippen LogP contribution is -2.39. The quantitative estimate of drug-likeness (QED) is 0.831. The van der Waals surface area contributed by atoms with Gasteiger partial charge in [0.1, 0.15) is 0 Å². The van der Waals surface area contributed by atoms with Crippen molar-refractivity contribution in [3.05, 3.63) is 24.0 Å². The number of amides is 1. The van der Waals surface area contributed by atoms with E-state index in [9.17, 15) is 4.79 Å². The first-order chi connectivity index (χ1) is 8.25. The fraction of sp³-hybridized carbons (Fsp3) is 0.615. The molecule has 2 rings (SSSR count). The second-order valence-electron chi connectivity index (χ2n) is 4.82. The summed E-state index contributed by atoms with van der Waals surface area (Å²) in [4.78, 5) is 16.8. The predicted molar refractivity (Wildman–Crippen MR) is 67.5 cm³/mol. The molecule has 2 heterocycles. The lowest BCUT2D eigenvalue weighted by molar-refractivity contribution is -0.131. The minimum absolute atomic E-state index is 0.227. The first kappa shape index (κ1) is 12.2. The molecule has 94 valence electrons. The van der Waals surface area contributed by atoms with Gasteiger partial charge in [0.25, 0.3) is 0 Å². The van der Waals surface area contributed by atoms with Crippen molar-refractivity contribution in [1.29, 1.82) is 0 Å². The number of rotatable bonds is 4. The number of H-pyrrole nitrogens is 1. The molecule has 1 atom stereocenters. The average Bonchev–Trinajstić information content (AvgIpc) is 2.83. The van der Waals surface area contributed by atoms with Crippen LogP contribution in [0.2, 0.25) is 0 Å². The van der Waals surface area contributed by atoms with Crippen molar-refractivity contribution < 1.29 is 4.79 Å². The van der Waals surface area contributed by atoms with Crippen LogP contribution in [0.15, 0.2) is 18.5 Å². The number of nitrogens with one attached hydrogen (secondary N) is 2. The molecule has 0 spiro atoms. The number of aromatic amines is 1. The van der Waals surface area contributed by atoms with Crippen molar-refractivity contribution in [1.82, 2.24) is 15.2 Å². The number of carbonyl (C=O) groups is 1. The molecule has 1 aliphatic rings. The monoisotopic (exact) mass is 235 g/mol. The molecule has 1 fully saturated rings. The van der Waals surface area contributed by atoms with Gasteiger partial charge in [-0.2, -0.15) is 0 Å². The number of hydrogen-bond donors (Lipinski definition) is 2. The van der Waals surface area contributed by atoms with E-state index < -0.39 is 0 Å². The molecular weight excluding hydrogens is 214 g/mol. The Morgan fingerprint density at radius 1 is 1.53 bits per heavy atom. The molecule has 4 nitrogen and oxygen atoms in total. The van der Waals surface area contributed by atoms with E-state index in [0.717, 1.165) is 18.5 Å². The SMILES string of the molecule is CN(Cc1cc[nH]c1)C(=O)CC1CCCCN1. The van der Waals surface area contributed by atoms with E-state index in [4.69, 9.17) is 0 Å². The molecule has 1 aromatic heterocycles. The van der Waals surface area contributed by atoms with E-state index in [1.54, 1.807) is 4.90 Å². The van der Waals surface area contributed by atoms with Gasteiger partial charge in [0, 0.05) is 38.4 Å². The van der Waals surface area contributed by atoms with Crippen molar-refractivity contribution in [2.24, 2.45) is 0 Å². The van der Waals surface area contributed by atoms with Gasteiger partial charge < -0.3 is 15.2 Å². The number of carbonyl (C=O) groups excluding carboxylic acids is 1. The third-order valence-electron chi connectivity index (χ3n) is 3.34. The van der Waals surface area contributed by atoms with Crippen LogP contribution in [0.25, 0.3) is 0 Å². The van der Waals surface area contributed by atoms with Gasteiger partial charge in [0.2, 0.25) is 5.91 Å². The van der Waals surface area contributed by atoms with Crippen LogP contribution < -0.4 is 5.32 Å². The van der Waals surface area contributed by atoms with Crippen LogP contribution in [0, 0.1) is 0 Å². The van der Waals surface area contributed by atoms with Gasteiger partial charge in [-0.15, -0.1) is 0 Å². The van der Waals surface area contributed by atoms with E-state index in [2.05, 4.69) is 10.3 Å². The Balaban J connectivity index is 1.78. The second kappa shape index (κ2) is 5.87. The molecule has 1 aromatic rings. The van der Waals surface area contributed by atoms with Gasteiger partial charge in [0.05, 0.1) is 0 Å². The van der Waals surface area contributed by atoms with Crippen molar-refractivity contribution in [2.45, 2.75) is 38.3 Å². The summed E-state index contributed by atoms with van der Waals surface area (Å²) in [5.74, 6) is 0.227. The summed E-state index contributed by atoms with van der Waals surface area (Å²) in [6.45, 7) is 1.74. The Labute approximate surface area is 102 Å². The maximum atomic E-state index is 12.0. The fourth-order valence-corrected chi connectivity index (χ4v) is 2.28. The zero-order valence-corrected chi connectivity index (χ0v) is 10.4. The topological polar surface area (TPSA) is 48.1 Å². The molecule has 4 heteroatoms. The molecule has 1 unspecified atom stereocenters. The molecule has 1 saturated heterocycles. The van der Waals surface area contributed by atoms with Crippen LogP contribution in [-0.2, 0) is 11.3 Å². The Morgan fingerprint density at radius 2 is 2.41 bits per heavy atom. The van der Waals surface area contributed by atoms with Crippen LogP contribution in [0.3, 0.4) is 0 Å². The molecule has 1 amide bonds. The fourth-order valence-electron chi connectivity index (χ4n) is 2.28. The molecule has 1 aliphatic heterocycles. The molecule has 0 aromatic carbocycles. The average molecular weight is 235 g/mol. The molecule has 0 aliphatic carbocycles. The molecule has 0 radical (unpaired) electrons. The molecule has 0 saturated carbocycles. The third kappa shape index (κ3) is 3.60.